The molecule has 118 valence electrons. The zero-order valence-electron chi connectivity index (χ0n) is 13.1. The van der Waals surface area contributed by atoms with E-state index in [0.29, 0.717) is 6.42 Å². The van der Waals surface area contributed by atoms with Gasteiger partial charge < -0.3 is 4.52 Å². The molecule has 0 aliphatic heterocycles. The van der Waals surface area contributed by atoms with Crippen molar-refractivity contribution in [3.05, 3.63) is 33.5 Å². The molecular formula is C14H14N6OS2. The summed E-state index contributed by atoms with van der Waals surface area (Å²) >= 11 is 3.18. The SMILES string of the molecule is Cc1nc(C)c(-c2nn3c(Cc4c(C)noc4C)nnc3s2)s1. The Morgan fingerprint density at radius 1 is 1.04 bits per heavy atom. The van der Waals surface area contributed by atoms with Crippen molar-refractivity contribution in [1.82, 2.24) is 30.0 Å². The number of hydrogen-bond acceptors (Lipinski definition) is 8. The summed E-state index contributed by atoms with van der Waals surface area (Å²) in [4.78, 5) is 6.35. The first-order chi connectivity index (χ1) is 11.0. The Balaban J connectivity index is 1.77. The second kappa shape index (κ2) is 5.20. The Labute approximate surface area is 140 Å². The monoisotopic (exact) mass is 346 g/mol. The molecule has 0 aliphatic rings. The molecule has 0 bridgehead atoms. The zero-order valence-corrected chi connectivity index (χ0v) is 14.7. The number of aryl methyl sites for hydroxylation is 4. The first kappa shape index (κ1) is 14.5. The van der Waals surface area contributed by atoms with Gasteiger partial charge in [-0.15, -0.1) is 21.5 Å². The van der Waals surface area contributed by atoms with E-state index in [9.17, 15) is 0 Å². The number of rotatable bonds is 3. The molecule has 0 atom stereocenters. The van der Waals surface area contributed by atoms with Gasteiger partial charge in [0.1, 0.15) is 5.76 Å². The Hall–Kier alpha value is -2.13. The lowest BCUT2D eigenvalue weighted by atomic mass is 10.1. The third kappa shape index (κ3) is 2.36. The second-order valence-corrected chi connectivity index (χ2v) is 7.50. The standard InChI is InChI=1S/C14H14N6OS2/c1-6-10(8(3)21-19-6)5-11-16-17-14-20(11)18-13(23-14)12-7(2)15-9(4)22-12/h5H2,1-4H3. The lowest BCUT2D eigenvalue weighted by Gasteiger charge is -1.96. The van der Waals surface area contributed by atoms with Crippen molar-refractivity contribution in [3.63, 3.8) is 0 Å². The summed E-state index contributed by atoms with van der Waals surface area (Å²) in [6.45, 7) is 7.85. The number of fused-ring (bicyclic) bond motifs is 1. The fraction of sp³-hybridized carbons (Fsp3) is 0.357. The molecule has 7 nitrogen and oxygen atoms in total. The summed E-state index contributed by atoms with van der Waals surface area (Å²) in [5.41, 5.74) is 2.92. The fourth-order valence-electron chi connectivity index (χ4n) is 2.50. The third-order valence-electron chi connectivity index (χ3n) is 3.67. The fourth-order valence-corrected chi connectivity index (χ4v) is 4.40. The van der Waals surface area contributed by atoms with Gasteiger partial charge >= 0.3 is 0 Å². The number of nitrogens with zero attached hydrogens (tertiary/aromatic N) is 6. The van der Waals surface area contributed by atoms with Crippen LogP contribution in [0.5, 0.6) is 0 Å². The van der Waals surface area contributed by atoms with Gasteiger partial charge in [-0.3, -0.25) is 0 Å². The van der Waals surface area contributed by atoms with E-state index in [-0.39, 0.29) is 0 Å². The predicted octanol–water partition coefficient (Wildman–Crippen LogP) is 3.12. The van der Waals surface area contributed by atoms with E-state index < -0.39 is 0 Å². The summed E-state index contributed by atoms with van der Waals surface area (Å²) in [5.74, 6) is 1.60. The Kier molecular flexibility index (Phi) is 3.27. The van der Waals surface area contributed by atoms with Gasteiger partial charge in [-0.25, -0.2) is 4.98 Å². The van der Waals surface area contributed by atoms with Crippen LogP contribution < -0.4 is 0 Å². The van der Waals surface area contributed by atoms with E-state index in [1.807, 2.05) is 27.7 Å². The van der Waals surface area contributed by atoms with Gasteiger partial charge in [-0.1, -0.05) is 16.5 Å². The summed E-state index contributed by atoms with van der Waals surface area (Å²) in [7, 11) is 0. The quantitative estimate of drug-likeness (QED) is 0.567. The molecule has 0 unspecified atom stereocenters. The highest BCUT2D eigenvalue weighted by atomic mass is 32.1. The first-order valence-corrected chi connectivity index (χ1v) is 8.73. The average Bonchev–Trinajstić information content (AvgIpc) is 3.21. The molecular weight excluding hydrogens is 332 g/mol. The van der Waals surface area contributed by atoms with Gasteiger partial charge in [-0.05, 0) is 27.7 Å². The van der Waals surface area contributed by atoms with Crippen LogP contribution in [-0.4, -0.2) is 30.0 Å². The Morgan fingerprint density at radius 2 is 1.87 bits per heavy atom. The highest BCUT2D eigenvalue weighted by molar-refractivity contribution is 7.24. The van der Waals surface area contributed by atoms with Gasteiger partial charge in [-0.2, -0.15) is 9.61 Å². The van der Waals surface area contributed by atoms with Crippen LogP contribution in [0, 0.1) is 27.7 Å². The third-order valence-corrected chi connectivity index (χ3v) is 5.79. The van der Waals surface area contributed by atoms with Gasteiger partial charge in [0.2, 0.25) is 4.96 Å². The summed E-state index contributed by atoms with van der Waals surface area (Å²) in [6, 6.07) is 0. The van der Waals surface area contributed by atoms with Crippen LogP contribution in [0.4, 0.5) is 0 Å². The van der Waals surface area contributed by atoms with Crippen LogP contribution in [0.2, 0.25) is 0 Å². The van der Waals surface area contributed by atoms with Gasteiger partial charge in [0.05, 0.1) is 21.3 Å². The van der Waals surface area contributed by atoms with Crippen LogP contribution in [0.15, 0.2) is 4.52 Å². The molecule has 4 rings (SSSR count). The average molecular weight is 346 g/mol. The number of aromatic nitrogens is 6. The number of hydrogen-bond donors (Lipinski definition) is 0. The molecule has 0 aliphatic carbocycles. The molecule has 0 N–H and O–H groups in total. The van der Waals surface area contributed by atoms with Crippen LogP contribution in [0.1, 0.15) is 33.5 Å². The van der Waals surface area contributed by atoms with Crippen LogP contribution in [-0.2, 0) is 6.42 Å². The van der Waals surface area contributed by atoms with E-state index in [2.05, 4.69) is 25.4 Å². The first-order valence-electron chi connectivity index (χ1n) is 7.10. The van der Waals surface area contributed by atoms with E-state index in [1.54, 1.807) is 15.9 Å². The van der Waals surface area contributed by atoms with Crippen molar-refractivity contribution >= 4 is 27.6 Å². The summed E-state index contributed by atoms with van der Waals surface area (Å²) < 4.78 is 7.02. The van der Waals surface area contributed by atoms with Crippen molar-refractivity contribution in [1.29, 1.82) is 0 Å². The molecule has 9 heteroatoms. The van der Waals surface area contributed by atoms with Crippen LogP contribution >= 0.6 is 22.7 Å². The molecule has 0 amide bonds. The maximum atomic E-state index is 5.22. The Morgan fingerprint density at radius 3 is 2.52 bits per heavy atom. The summed E-state index contributed by atoms with van der Waals surface area (Å²) in [5, 5.41) is 19.1. The molecule has 23 heavy (non-hydrogen) atoms. The smallest absolute Gasteiger partial charge is 0.235 e. The lowest BCUT2D eigenvalue weighted by molar-refractivity contribution is 0.392. The zero-order chi connectivity index (χ0) is 16.1. The highest BCUT2D eigenvalue weighted by Crippen LogP contribution is 2.33. The molecule has 0 radical (unpaired) electrons. The number of thiazole rings is 1. The van der Waals surface area contributed by atoms with E-state index >= 15 is 0 Å². The van der Waals surface area contributed by atoms with E-state index in [1.165, 1.54) is 11.3 Å². The summed E-state index contributed by atoms with van der Waals surface area (Å²) in [6.07, 6.45) is 0.603. The van der Waals surface area contributed by atoms with E-state index in [4.69, 9.17) is 4.52 Å². The molecule has 0 saturated heterocycles. The van der Waals surface area contributed by atoms with Gasteiger partial charge in [0.15, 0.2) is 10.8 Å². The molecule has 4 aromatic rings. The molecule has 4 heterocycles. The highest BCUT2D eigenvalue weighted by Gasteiger charge is 2.19. The van der Waals surface area contributed by atoms with Crippen molar-refractivity contribution < 1.29 is 4.52 Å². The maximum absolute atomic E-state index is 5.22. The molecule has 4 aromatic heterocycles. The minimum absolute atomic E-state index is 0.603. The van der Waals surface area contributed by atoms with Crippen LogP contribution in [0.3, 0.4) is 0 Å². The van der Waals surface area contributed by atoms with Crippen molar-refractivity contribution in [2.75, 3.05) is 0 Å². The normalized spacial score (nSPS) is 11.7. The Bertz CT molecular complexity index is 989. The van der Waals surface area contributed by atoms with E-state index in [0.717, 1.165) is 48.4 Å². The topological polar surface area (TPSA) is 82.0 Å². The van der Waals surface area contributed by atoms with Crippen molar-refractivity contribution in [3.8, 4) is 9.88 Å². The van der Waals surface area contributed by atoms with Crippen LogP contribution in [0.25, 0.3) is 14.8 Å². The molecule has 0 fully saturated rings. The molecule has 0 saturated carbocycles. The lowest BCUT2D eigenvalue weighted by Crippen LogP contribution is -1.99. The molecule has 0 spiro atoms. The van der Waals surface area contributed by atoms with Gasteiger partial charge in [0, 0.05) is 12.0 Å². The van der Waals surface area contributed by atoms with Crippen molar-refractivity contribution in [2.24, 2.45) is 0 Å². The predicted molar refractivity (Wildman–Crippen MR) is 88.0 cm³/mol. The minimum atomic E-state index is 0.603. The van der Waals surface area contributed by atoms with Crippen molar-refractivity contribution in [2.45, 2.75) is 34.1 Å². The largest absolute Gasteiger partial charge is 0.361 e. The molecule has 0 aromatic carbocycles. The maximum Gasteiger partial charge on any atom is 0.235 e. The minimum Gasteiger partial charge on any atom is -0.361 e. The second-order valence-electron chi connectivity index (χ2n) is 5.34. The van der Waals surface area contributed by atoms with Gasteiger partial charge in [0.25, 0.3) is 0 Å².